The quantitative estimate of drug-likeness (QED) is 0.436. The van der Waals surface area contributed by atoms with Gasteiger partial charge in [-0.05, 0) is 0 Å². The predicted molar refractivity (Wildman–Crippen MR) is 52.4 cm³/mol. The highest BCUT2D eigenvalue weighted by Gasteiger charge is 2.07. The first-order valence-electron chi connectivity index (χ1n) is 4.68. The van der Waals surface area contributed by atoms with E-state index in [2.05, 4.69) is 22.1 Å². The Hall–Kier alpha value is -0.380. The van der Waals surface area contributed by atoms with Gasteiger partial charge in [-0.2, -0.15) is 0 Å². The summed E-state index contributed by atoms with van der Waals surface area (Å²) < 4.78 is 0. The Kier molecular flexibility index (Phi) is 4.99. The molecular weight excluding hydrogens is 150 g/mol. The molecule has 0 saturated carbocycles. The van der Waals surface area contributed by atoms with Gasteiger partial charge in [0, 0.05) is 45.8 Å². The van der Waals surface area contributed by atoms with Crippen LogP contribution in [0.2, 0.25) is 0 Å². The van der Waals surface area contributed by atoms with Crippen molar-refractivity contribution in [2.24, 2.45) is 0 Å². The van der Waals surface area contributed by atoms with Crippen molar-refractivity contribution >= 4 is 0 Å². The highest BCUT2D eigenvalue weighted by Crippen LogP contribution is 1.89. The fourth-order valence-electron chi connectivity index (χ4n) is 1.38. The summed E-state index contributed by atoms with van der Waals surface area (Å²) in [5.41, 5.74) is 0. The molecular formula is C9H19N3. The van der Waals surface area contributed by atoms with E-state index in [1.807, 2.05) is 6.08 Å². The molecule has 0 bridgehead atoms. The molecule has 0 atom stereocenters. The van der Waals surface area contributed by atoms with Gasteiger partial charge in [0.05, 0.1) is 0 Å². The molecule has 0 radical (unpaired) electrons. The van der Waals surface area contributed by atoms with Gasteiger partial charge in [-0.25, -0.2) is 0 Å². The van der Waals surface area contributed by atoms with Gasteiger partial charge in [0.15, 0.2) is 0 Å². The molecule has 1 heterocycles. The summed E-state index contributed by atoms with van der Waals surface area (Å²) in [7, 11) is 0. The maximum atomic E-state index is 3.66. The Labute approximate surface area is 74.8 Å². The minimum Gasteiger partial charge on any atom is -0.314 e. The summed E-state index contributed by atoms with van der Waals surface area (Å²) in [5.74, 6) is 0. The number of hydrogen-bond donors (Lipinski definition) is 2. The molecule has 1 fully saturated rings. The van der Waals surface area contributed by atoms with Crippen molar-refractivity contribution in [2.45, 2.75) is 0 Å². The Bertz CT molecular complexity index is 119. The zero-order chi connectivity index (χ0) is 8.65. The van der Waals surface area contributed by atoms with E-state index in [1.54, 1.807) is 0 Å². The van der Waals surface area contributed by atoms with Gasteiger partial charge >= 0.3 is 0 Å². The second kappa shape index (κ2) is 6.17. The summed E-state index contributed by atoms with van der Waals surface area (Å²) in [6.45, 7) is 11.5. The van der Waals surface area contributed by atoms with Crippen molar-refractivity contribution in [2.75, 3.05) is 45.8 Å². The number of nitrogens with zero attached hydrogens (tertiary/aromatic N) is 1. The van der Waals surface area contributed by atoms with Crippen LogP contribution in [0.25, 0.3) is 0 Å². The molecule has 1 saturated heterocycles. The molecule has 0 aliphatic carbocycles. The van der Waals surface area contributed by atoms with E-state index in [-0.39, 0.29) is 0 Å². The number of hydrogen-bond acceptors (Lipinski definition) is 3. The average Bonchev–Trinajstić information content (AvgIpc) is 2.14. The van der Waals surface area contributed by atoms with Gasteiger partial charge in [0.25, 0.3) is 0 Å². The van der Waals surface area contributed by atoms with E-state index >= 15 is 0 Å². The molecule has 3 nitrogen and oxygen atoms in total. The van der Waals surface area contributed by atoms with Crippen molar-refractivity contribution in [3.63, 3.8) is 0 Å². The normalized spacial score (nSPS) is 19.3. The van der Waals surface area contributed by atoms with Gasteiger partial charge in [0.1, 0.15) is 0 Å². The molecule has 2 N–H and O–H groups in total. The maximum Gasteiger partial charge on any atom is 0.0132 e. The lowest BCUT2D eigenvalue weighted by Crippen LogP contribution is -2.45. The van der Waals surface area contributed by atoms with E-state index in [0.29, 0.717) is 0 Å². The third-order valence-corrected chi connectivity index (χ3v) is 2.10. The van der Waals surface area contributed by atoms with Crippen LogP contribution in [0.3, 0.4) is 0 Å². The molecule has 0 amide bonds. The first-order chi connectivity index (χ1) is 5.93. The van der Waals surface area contributed by atoms with Crippen molar-refractivity contribution in [3.05, 3.63) is 12.7 Å². The molecule has 12 heavy (non-hydrogen) atoms. The molecule has 0 aromatic heterocycles. The van der Waals surface area contributed by atoms with E-state index in [4.69, 9.17) is 0 Å². The Morgan fingerprint density at radius 2 is 2.17 bits per heavy atom. The molecule has 0 aromatic carbocycles. The Morgan fingerprint density at radius 1 is 1.42 bits per heavy atom. The van der Waals surface area contributed by atoms with Crippen LogP contribution in [0.4, 0.5) is 0 Å². The lowest BCUT2D eigenvalue weighted by molar-refractivity contribution is 0.242. The van der Waals surface area contributed by atoms with Crippen LogP contribution in [0.15, 0.2) is 12.7 Å². The maximum absolute atomic E-state index is 3.66. The molecule has 0 unspecified atom stereocenters. The SMILES string of the molecule is C=CCNCCN1CCNCC1. The second-order valence-electron chi connectivity index (χ2n) is 3.08. The van der Waals surface area contributed by atoms with Crippen molar-refractivity contribution in [1.82, 2.24) is 15.5 Å². The molecule has 70 valence electrons. The number of rotatable bonds is 5. The van der Waals surface area contributed by atoms with E-state index < -0.39 is 0 Å². The lowest BCUT2D eigenvalue weighted by Gasteiger charge is -2.26. The van der Waals surface area contributed by atoms with Crippen LogP contribution in [-0.4, -0.2) is 50.7 Å². The molecule has 1 aliphatic heterocycles. The molecule has 0 spiro atoms. The minimum atomic E-state index is 0.923. The first-order valence-corrected chi connectivity index (χ1v) is 4.68. The smallest absolute Gasteiger partial charge is 0.0132 e. The van der Waals surface area contributed by atoms with E-state index in [9.17, 15) is 0 Å². The number of nitrogens with one attached hydrogen (secondary N) is 2. The zero-order valence-corrected chi connectivity index (χ0v) is 7.68. The Balaban J connectivity index is 1.94. The van der Waals surface area contributed by atoms with Crippen LogP contribution < -0.4 is 10.6 Å². The van der Waals surface area contributed by atoms with Crippen LogP contribution in [0.5, 0.6) is 0 Å². The van der Waals surface area contributed by atoms with Crippen LogP contribution in [0.1, 0.15) is 0 Å². The van der Waals surface area contributed by atoms with Crippen molar-refractivity contribution < 1.29 is 0 Å². The highest BCUT2D eigenvalue weighted by molar-refractivity contribution is 4.72. The van der Waals surface area contributed by atoms with Gasteiger partial charge in [-0.3, -0.25) is 4.90 Å². The van der Waals surface area contributed by atoms with Crippen LogP contribution >= 0.6 is 0 Å². The summed E-state index contributed by atoms with van der Waals surface area (Å²) in [6.07, 6.45) is 1.90. The van der Waals surface area contributed by atoms with Gasteiger partial charge in [-0.15, -0.1) is 6.58 Å². The third-order valence-electron chi connectivity index (χ3n) is 2.10. The summed E-state index contributed by atoms with van der Waals surface area (Å²) >= 11 is 0. The van der Waals surface area contributed by atoms with Gasteiger partial charge in [-0.1, -0.05) is 6.08 Å². The standard InChI is InChI=1S/C9H19N3/c1-2-3-10-4-7-12-8-5-11-6-9-12/h2,10-11H,1,3-9H2. The van der Waals surface area contributed by atoms with Crippen molar-refractivity contribution in [3.8, 4) is 0 Å². The Morgan fingerprint density at radius 3 is 2.83 bits per heavy atom. The highest BCUT2D eigenvalue weighted by atomic mass is 15.2. The fourth-order valence-corrected chi connectivity index (χ4v) is 1.38. The van der Waals surface area contributed by atoms with Crippen LogP contribution in [0, 0.1) is 0 Å². The summed E-state index contributed by atoms with van der Waals surface area (Å²) in [4.78, 5) is 2.48. The monoisotopic (exact) mass is 169 g/mol. The average molecular weight is 169 g/mol. The van der Waals surface area contributed by atoms with E-state index in [1.165, 1.54) is 13.1 Å². The van der Waals surface area contributed by atoms with Crippen LogP contribution in [-0.2, 0) is 0 Å². The van der Waals surface area contributed by atoms with Gasteiger partial charge < -0.3 is 10.6 Å². The minimum absolute atomic E-state index is 0.923. The molecule has 1 aliphatic rings. The lowest BCUT2D eigenvalue weighted by atomic mass is 10.3. The van der Waals surface area contributed by atoms with Crippen molar-refractivity contribution in [1.29, 1.82) is 0 Å². The summed E-state index contributed by atoms with van der Waals surface area (Å²) in [6, 6.07) is 0. The number of piperazine rings is 1. The third kappa shape index (κ3) is 3.85. The first kappa shape index (κ1) is 9.71. The zero-order valence-electron chi connectivity index (χ0n) is 7.68. The van der Waals surface area contributed by atoms with Gasteiger partial charge in [0.2, 0.25) is 0 Å². The topological polar surface area (TPSA) is 27.3 Å². The molecule has 1 rings (SSSR count). The second-order valence-corrected chi connectivity index (χ2v) is 3.08. The summed E-state index contributed by atoms with van der Waals surface area (Å²) in [5, 5.41) is 6.64. The largest absolute Gasteiger partial charge is 0.314 e. The predicted octanol–water partition coefficient (Wildman–Crippen LogP) is -0.333. The van der Waals surface area contributed by atoms with E-state index in [0.717, 1.165) is 32.7 Å². The molecule has 3 heteroatoms. The molecule has 0 aromatic rings. The fraction of sp³-hybridized carbons (Fsp3) is 0.778.